The molecule has 0 radical (unpaired) electrons. The molecule has 2 aliphatic rings. The summed E-state index contributed by atoms with van der Waals surface area (Å²) >= 11 is 0. The highest BCUT2D eigenvalue weighted by molar-refractivity contribution is 5.68. The second kappa shape index (κ2) is 5.05. The second-order valence-corrected chi connectivity index (χ2v) is 6.17. The minimum atomic E-state index is -0.432. The number of likely N-dealkylation sites (tertiary alicyclic amines) is 1. The number of hydrogen-bond acceptors (Lipinski definition) is 4. The number of ether oxygens (including phenoxy) is 2. The number of likely N-dealkylation sites (N-methyl/N-ethyl adjacent to an activating group) is 1. The second-order valence-electron chi connectivity index (χ2n) is 6.17. The molecule has 2 atom stereocenters. The highest BCUT2D eigenvalue weighted by Crippen LogP contribution is 2.23. The molecule has 0 aromatic carbocycles. The van der Waals surface area contributed by atoms with E-state index >= 15 is 0 Å². The molecule has 0 bridgehead atoms. The monoisotopic (exact) mass is 256 g/mol. The molecule has 2 fully saturated rings. The number of nitrogens with zero attached hydrogens (tertiary/aromatic N) is 2. The van der Waals surface area contributed by atoms with Crippen LogP contribution in [0.25, 0.3) is 0 Å². The molecular formula is C13H24N2O3. The molecule has 18 heavy (non-hydrogen) atoms. The molecule has 1 amide bonds. The van der Waals surface area contributed by atoms with Crippen LogP contribution in [-0.2, 0) is 9.47 Å². The third-order valence-corrected chi connectivity index (χ3v) is 3.52. The molecule has 0 spiro atoms. The maximum absolute atomic E-state index is 12.0. The van der Waals surface area contributed by atoms with Gasteiger partial charge in [0.2, 0.25) is 0 Å². The third-order valence-electron chi connectivity index (χ3n) is 3.52. The van der Waals surface area contributed by atoms with Crippen molar-refractivity contribution in [3.8, 4) is 0 Å². The van der Waals surface area contributed by atoms with Crippen LogP contribution in [0.5, 0.6) is 0 Å². The lowest BCUT2D eigenvalue weighted by Crippen LogP contribution is -2.59. The summed E-state index contributed by atoms with van der Waals surface area (Å²) in [7, 11) is 2.13. The van der Waals surface area contributed by atoms with Gasteiger partial charge < -0.3 is 14.4 Å². The van der Waals surface area contributed by atoms with Crippen LogP contribution in [0.1, 0.15) is 27.2 Å². The summed E-state index contributed by atoms with van der Waals surface area (Å²) in [5.41, 5.74) is -0.432. The van der Waals surface area contributed by atoms with Gasteiger partial charge in [-0.05, 0) is 34.2 Å². The quantitative estimate of drug-likeness (QED) is 0.655. The molecular weight excluding hydrogens is 232 g/mol. The van der Waals surface area contributed by atoms with Gasteiger partial charge in [0.1, 0.15) is 5.60 Å². The first kappa shape index (κ1) is 13.6. The number of amides is 1. The Labute approximate surface area is 109 Å². The van der Waals surface area contributed by atoms with E-state index in [1.54, 1.807) is 4.90 Å². The molecule has 2 aliphatic heterocycles. The summed E-state index contributed by atoms with van der Waals surface area (Å²) in [5.74, 6) is 0. The van der Waals surface area contributed by atoms with E-state index in [1.165, 1.54) is 0 Å². The largest absolute Gasteiger partial charge is 0.444 e. The van der Waals surface area contributed by atoms with E-state index in [-0.39, 0.29) is 12.2 Å². The Kier molecular flexibility index (Phi) is 3.82. The summed E-state index contributed by atoms with van der Waals surface area (Å²) < 4.78 is 11.2. The van der Waals surface area contributed by atoms with Gasteiger partial charge in [-0.25, -0.2) is 4.79 Å². The van der Waals surface area contributed by atoms with Crippen molar-refractivity contribution in [3.05, 3.63) is 0 Å². The molecule has 2 saturated heterocycles. The summed E-state index contributed by atoms with van der Waals surface area (Å²) in [5, 5.41) is 0. The van der Waals surface area contributed by atoms with E-state index in [9.17, 15) is 4.79 Å². The first-order chi connectivity index (χ1) is 8.37. The van der Waals surface area contributed by atoms with E-state index < -0.39 is 5.60 Å². The Bertz CT molecular complexity index is 314. The standard InChI is InChI=1S/C13H24N2O3/c1-13(2,3)18-12(16)15-6-5-10-11(9-15)17-8-7-14(10)4/h10-11H,5-9H2,1-4H3/t10?,11-/m0/s1. The number of fused-ring (bicyclic) bond motifs is 1. The number of carbonyl (C=O) groups excluding carboxylic acids is 1. The number of morpholine rings is 1. The van der Waals surface area contributed by atoms with E-state index in [0.717, 1.165) is 26.1 Å². The average Bonchev–Trinajstić information content (AvgIpc) is 2.26. The zero-order valence-corrected chi connectivity index (χ0v) is 11.8. The van der Waals surface area contributed by atoms with Gasteiger partial charge in [0.15, 0.2) is 0 Å². The maximum Gasteiger partial charge on any atom is 0.410 e. The van der Waals surface area contributed by atoms with Crippen molar-refractivity contribution >= 4 is 6.09 Å². The van der Waals surface area contributed by atoms with E-state index in [2.05, 4.69) is 11.9 Å². The molecule has 0 aromatic rings. The molecule has 0 N–H and O–H groups in total. The predicted molar refractivity (Wildman–Crippen MR) is 68.6 cm³/mol. The molecule has 0 saturated carbocycles. The molecule has 2 rings (SSSR count). The summed E-state index contributed by atoms with van der Waals surface area (Å²) in [6.07, 6.45) is 0.864. The molecule has 0 aromatic heterocycles. The smallest absolute Gasteiger partial charge is 0.410 e. The Morgan fingerprint density at radius 1 is 1.33 bits per heavy atom. The third kappa shape index (κ3) is 3.14. The number of carbonyl (C=O) groups is 1. The normalized spacial score (nSPS) is 29.9. The number of rotatable bonds is 0. The van der Waals surface area contributed by atoms with E-state index in [1.807, 2.05) is 20.8 Å². The van der Waals surface area contributed by atoms with Crippen LogP contribution in [0.15, 0.2) is 0 Å². The lowest BCUT2D eigenvalue weighted by atomic mass is 9.99. The average molecular weight is 256 g/mol. The fourth-order valence-electron chi connectivity index (χ4n) is 2.58. The van der Waals surface area contributed by atoms with Gasteiger partial charge in [-0.2, -0.15) is 0 Å². The molecule has 5 nitrogen and oxygen atoms in total. The maximum atomic E-state index is 12.0. The van der Waals surface area contributed by atoms with Crippen LogP contribution in [0.2, 0.25) is 0 Å². The van der Waals surface area contributed by atoms with Gasteiger partial charge in [-0.3, -0.25) is 4.90 Å². The van der Waals surface area contributed by atoms with E-state index in [4.69, 9.17) is 9.47 Å². The molecule has 0 aliphatic carbocycles. The fourth-order valence-corrected chi connectivity index (χ4v) is 2.58. The van der Waals surface area contributed by atoms with Crippen LogP contribution >= 0.6 is 0 Å². The number of hydrogen-bond donors (Lipinski definition) is 0. The zero-order chi connectivity index (χ0) is 13.3. The minimum Gasteiger partial charge on any atom is -0.444 e. The lowest BCUT2D eigenvalue weighted by molar-refractivity contribution is -0.0964. The summed E-state index contributed by atoms with van der Waals surface area (Å²) in [4.78, 5) is 16.1. The fraction of sp³-hybridized carbons (Fsp3) is 0.923. The summed E-state index contributed by atoms with van der Waals surface area (Å²) in [6.45, 7) is 8.80. The van der Waals surface area contributed by atoms with Crippen LogP contribution < -0.4 is 0 Å². The summed E-state index contributed by atoms with van der Waals surface area (Å²) in [6, 6.07) is 0.442. The Morgan fingerprint density at radius 2 is 2.06 bits per heavy atom. The van der Waals surface area contributed by atoms with Crippen molar-refractivity contribution in [2.24, 2.45) is 0 Å². The molecule has 2 heterocycles. The Morgan fingerprint density at radius 3 is 2.72 bits per heavy atom. The van der Waals surface area contributed by atoms with Crippen molar-refractivity contribution in [1.82, 2.24) is 9.80 Å². The van der Waals surface area contributed by atoms with Crippen molar-refractivity contribution in [2.45, 2.75) is 44.9 Å². The Balaban J connectivity index is 1.92. The van der Waals surface area contributed by atoms with Gasteiger partial charge in [-0.1, -0.05) is 0 Å². The van der Waals surface area contributed by atoms with Crippen molar-refractivity contribution in [1.29, 1.82) is 0 Å². The Hall–Kier alpha value is -0.810. The molecule has 1 unspecified atom stereocenters. The zero-order valence-electron chi connectivity index (χ0n) is 11.8. The van der Waals surface area contributed by atoms with Crippen LogP contribution in [0, 0.1) is 0 Å². The highest BCUT2D eigenvalue weighted by Gasteiger charge is 2.37. The molecule has 104 valence electrons. The highest BCUT2D eigenvalue weighted by atomic mass is 16.6. The van der Waals surface area contributed by atoms with E-state index in [0.29, 0.717) is 12.6 Å². The topological polar surface area (TPSA) is 42.0 Å². The minimum absolute atomic E-state index is 0.130. The van der Waals surface area contributed by atoms with Gasteiger partial charge >= 0.3 is 6.09 Å². The lowest BCUT2D eigenvalue weighted by Gasteiger charge is -2.45. The van der Waals surface area contributed by atoms with Crippen molar-refractivity contribution < 1.29 is 14.3 Å². The van der Waals surface area contributed by atoms with Gasteiger partial charge in [0.05, 0.1) is 19.3 Å². The SMILES string of the molecule is CN1CCO[C@H]2CN(C(=O)OC(C)(C)C)CCC21. The molecule has 5 heteroatoms. The van der Waals surface area contributed by atoms with Gasteiger partial charge in [0.25, 0.3) is 0 Å². The number of piperidine rings is 1. The van der Waals surface area contributed by atoms with Crippen molar-refractivity contribution in [2.75, 3.05) is 33.3 Å². The van der Waals surface area contributed by atoms with Crippen LogP contribution in [0.3, 0.4) is 0 Å². The van der Waals surface area contributed by atoms with Crippen molar-refractivity contribution in [3.63, 3.8) is 0 Å². The first-order valence-corrected chi connectivity index (χ1v) is 6.66. The van der Waals surface area contributed by atoms with Gasteiger partial charge in [-0.15, -0.1) is 0 Å². The first-order valence-electron chi connectivity index (χ1n) is 6.66. The predicted octanol–water partition coefficient (Wildman–Crippen LogP) is 1.33. The van der Waals surface area contributed by atoms with Crippen LogP contribution in [0.4, 0.5) is 4.79 Å². The van der Waals surface area contributed by atoms with Gasteiger partial charge in [0, 0.05) is 19.1 Å². The van der Waals surface area contributed by atoms with Crippen LogP contribution in [-0.4, -0.2) is 66.9 Å².